The topological polar surface area (TPSA) is 36.9 Å². The summed E-state index contributed by atoms with van der Waals surface area (Å²) in [5.74, 6) is 5.90. The lowest BCUT2D eigenvalue weighted by molar-refractivity contribution is 0.0398. The van der Waals surface area contributed by atoms with Gasteiger partial charge < -0.3 is 0 Å². The van der Waals surface area contributed by atoms with Crippen molar-refractivity contribution in [1.29, 1.82) is 0 Å². The molecule has 0 aromatic carbocycles. The highest BCUT2D eigenvalue weighted by atomic mass is 15.6. The molecule has 0 radical (unpaired) electrons. The molecule has 4 nitrogen and oxygen atoms in total. The molecule has 0 saturated carbocycles. The van der Waals surface area contributed by atoms with Gasteiger partial charge in [0.2, 0.25) is 0 Å². The quantitative estimate of drug-likeness (QED) is 0.419. The minimum Gasteiger partial charge on any atom is -0.266 e. The molecule has 0 aliphatic rings. The fourth-order valence-corrected chi connectivity index (χ4v) is 0.778. The Hall–Kier alpha value is -0.790. The molecule has 0 aliphatic heterocycles. The molecule has 14 heavy (non-hydrogen) atoms. The fourth-order valence-electron chi connectivity index (χ4n) is 0.778. The molecule has 0 spiro atoms. The maximum atomic E-state index is 5.90. The van der Waals surface area contributed by atoms with Crippen molar-refractivity contribution in [1.82, 2.24) is 10.0 Å². The lowest BCUT2D eigenvalue weighted by Crippen LogP contribution is -2.54. The third kappa shape index (κ3) is 3.95. The number of hydrogen-bond donors (Lipinski definition) is 1. The molecule has 0 saturated heterocycles. The van der Waals surface area contributed by atoms with Crippen LogP contribution in [0.2, 0.25) is 0 Å². The summed E-state index contributed by atoms with van der Waals surface area (Å²) in [6.45, 7) is 18.1. The van der Waals surface area contributed by atoms with Crippen LogP contribution in [0.25, 0.3) is 4.95 Å². The molecule has 0 rings (SSSR count). The lowest BCUT2D eigenvalue weighted by Gasteiger charge is -2.33. The second kappa shape index (κ2) is 4.16. The van der Waals surface area contributed by atoms with Crippen molar-refractivity contribution in [3.63, 3.8) is 0 Å². The Balaban J connectivity index is 4.45. The fraction of sp³-hybridized carbons (Fsp3) is 0.900. The van der Waals surface area contributed by atoms with Crippen LogP contribution in [0.1, 0.15) is 41.5 Å². The van der Waals surface area contributed by atoms with E-state index in [9.17, 15) is 0 Å². The van der Waals surface area contributed by atoms with E-state index in [4.69, 9.17) is 12.4 Å². The van der Waals surface area contributed by atoms with E-state index in [1.807, 2.05) is 41.5 Å². The predicted molar refractivity (Wildman–Crippen MR) is 60.5 cm³/mol. The van der Waals surface area contributed by atoms with Gasteiger partial charge in [-0.3, -0.25) is 5.84 Å². The van der Waals surface area contributed by atoms with Gasteiger partial charge in [0.15, 0.2) is 6.67 Å². The van der Waals surface area contributed by atoms with Crippen LogP contribution in [0.4, 0.5) is 0 Å². The van der Waals surface area contributed by atoms with Crippen LogP contribution < -0.4 is 5.84 Å². The van der Waals surface area contributed by atoms with E-state index < -0.39 is 0 Å². The zero-order valence-corrected chi connectivity index (χ0v) is 10.2. The molecular formula is C10H23N4+. The van der Waals surface area contributed by atoms with Crippen molar-refractivity contribution >= 4 is 0 Å². The molecule has 0 atom stereocenters. The van der Waals surface area contributed by atoms with Gasteiger partial charge in [-0.25, -0.2) is 5.01 Å². The highest BCUT2D eigenvalue weighted by Gasteiger charge is 2.31. The first-order valence-electron chi connectivity index (χ1n) is 4.80. The molecular weight excluding hydrogens is 176 g/mol. The Labute approximate surface area is 87.4 Å². The van der Waals surface area contributed by atoms with Crippen molar-refractivity contribution in [2.75, 3.05) is 6.67 Å². The highest BCUT2D eigenvalue weighted by molar-refractivity contribution is 4.82. The summed E-state index contributed by atoms with van der Waals surface area (Å²) in [7, 11) is 0. The third-order valence-corrected chi connectivity index (χ3v) is 2.06. The van der Waals surface area contributed by atoms with Crippen molar-refractivity contribution in [2.24, 2.45) is 5.84 Å². The predicted octanol–water partition coefficient (Wildman–Crippen LogP) is 1.90. The standard InChI is InChI=1S/C10H23N4/c1-9(2,3)13(11)8-14(12-7)10(4,5)6/h7H,8,11H2,1-6H3/q+1. The van der Waals surface area contributed by atoms with Crippen LogP contribution in [-0.4, -0.2) is 27.8 Å². The first kappa shape index (κ1) is 13.2. The number of hydrazine groups is 1. The van der Waals surface area contributed by atoms with Gasteiger partial charge in [0, 0.05) is 5.54 Å². The maximum absolute atomic E-state index is 5.90. The van der Waals surface area contributed by atoms with E-state index in [2.05, 4.69) is 4.95 Å². The van der Waals surface area contributed by atoms with E-state index >= 15 is 0 Å². The Bertz CT molecular complexity index is 216. The Morgan fingerprint density at radius 3 is 1.71 bits per heavy atom. The zero-order valence-electron chi connectivity index (χ0n) is 10.2. The minimum atomic E-state index is -0.113. The van der Waals surface area contributed by atoms with Crippen molar-refractivity contribution in [2.45, 2.75) is 52.6 Å². The number of nitrogens with two attached hydrogens (primary N) is 1. The molecule has 0 aromatic rings. The van der Waals surface area contributed by atoms with Crippen LogP contribution in [-0.2, 0) is 0 Å². The van der Waals surface area contributed by atoms with Crippen molar-refractivity contribution < 1.29 is 0 Å². The average Bonchev–Trinajstić information content (AvgIpc) is 1.95. The molecule has 0 fully saturated rings. The Morgan fingerprint density at radius 2 is 1.50 bits per heavy atom. The third-order valence-electron chi connectivity index (χ3n) is 2.06. The Morgan fingerprint density at radius 1 is 1.07 bits per heavy atom. The molecule has 4 heteroatoms. The van der Waals surface area contributed by atoms with Crippen LogP contribution >= 0.6 is 0 Å². The molecule has 0 unspecified atom stereocenters. The largest absolute Gasteiger partial charge is 0.304 e. The van der Waals surface area contributed by atoms with E-state index in [0.717, 1.165) is 0 Å². The summed E-state index contributed by atoms with van der Waals surface area (Å²) in [4.78, 5) is 3.72. The Kier molecular flexibility index (Phi) is 3.92. The molecule has 2 N–H and O–H groups in total. The van der Waals surface area contributed by atoms with Crippen molar-refractivity contribution in [3.8, 4) is 6.57 Å². The van der Waals surface area contributed by atoms with Gasteiger partial charge in [0.1, 0.15) is 5.54 Å². The second-order valence-corrected chi connectivity index (χ2v) is 5.47. The van der Waals surface area contributed by atoms with Gasteiger partial charge in [-0.2, -0.15) is 0 Å². The molecule has 0 heterocycles. The normalized spacial score (nSPS) is 12.8. The smallest absolute Gasteiger partial charge is 0.266 e. The number of hydrogen-bond acceptors (Lipinski definition) is 3. The first-order chi connectivity index (χ1) is 6.09. The summed E-state index contributed by atoms with van der Waals surface area (Å²) < 4.78 is 0. The summed E-state index contributed by atoms with van der Waals surface area (Å²) in [5, 5.41) is 3.48. The summed E-state index contributed by atoms with van der Waals surface area (Å²) in [5.41, 5.74) is -0.203. The maximum Gasteiger partial charge on any atom is 0.304 e. The first-order valence-corrected chi connectivity index (χ1v) is 4.80. The zero-order chi connectivity index (χ0) is 11.6. The van der Waals surface area contributed by atoms with E-state index in [1.165, 1.54) is 0 Å². The number of rotatable bonds is 2. The molecule has 0 bridgehead atoms. The lowest BCUT2D eigenvalue weighted by atomic mass is 10.1. The van der Waals surface area contributed by atoms with Crippen LogP contribution in [0.3, 0.4) is 0 Å². The van der Waals surface area contributed by atoms with Gasteiger partial charge in [-0.15, -0.1) is 0 Å². The van der Waals surface area contributed by atoms with Crippen LogP contribution in [0, 0.1) is 6.57 Å². The molecule has 82 valence electrons. The summed E-state index contributed by atoms with van der Waals surface area (Å²) >= 11 is 0. The highest BCUT2D eigenvalue weighted by Crippen LogP contribution is 2.16. The van der Waals surface area contributed by atoms with Gasteiger partial charge >= 0.3 is 6.57 Å². The van der Waals surface area contributed by atoms with Crippen molar-refractivity contribution in [3.05, 3.63) is 4.95 Å². The van der Waals surface area contributed by atoms with Gasteiger partial charge in [-0.1, -0.05) is 0 Å². The molecule has 0 aliphatic carbocycles. The molecule has 0 amide bonds. The van der Waals surface area contributed by atoms with E-state index in [0.29, 0.717) is 6.67 Å². The average molecular weight is 199 g/mol. The van der Waals surface area contributed by atoms with Crippen LogP contribution in [0.5, 0.6) is 0 Å². The summed E-state index contributed by atoms with van der Waals surface area (Å²) in [6.07, 6.45) is 0. The van der Waals surface area contributed by atoms with E-state index in [1.54, 1.807) is 10.0 Å². The monoisotopic (exact) mass is 199 g/mol. The van der Waals surface area contributed by atoms with Crippen LogP contribution in [0.15, 0.2) is 0 Å². The minimum absolute atomic E-state index is 0.0891. The van der Waals surface area contributed by atoms with Gasteiger partial charge in [0.05, 0.1) is 4.95 Å². The second-order valence-electron chi connectivity index (χ2n) is 5.47. The summed E-state index contributed by atoms with van der Waals surface area (Å²) in [6, 6.07) is 0. The van der Waals surface area contributed by atoms with Gasteiger partial charge in [0.25, 0.3) is 0 Å². The van der Waals surface area contributed by atoms with E-state index in [-0.39, 0.29) is 11.1 Å². The number of nitrogens with zero attached hydrogens (tertiary/aromatic N) is 3. The molecule has 0 aromatic heterocycles. The van der Waals surface area contributed by atoms with Gasteiger partial charge in [-0.05, 0) is 46.6 Å². The SMILES string of the molecule is C#[N+]N(CN(N)C(C)(C)C)C(C)(C)C.